The highest BCUT2D eigenvalue weighted by molar-refractivity contribution is 8.01. The minimum absolute atomic E-state index is 0.0576. The zero-order valence-electron chi connectivity index (χ0n) is 15.7. The van der Waals surface area contributed by atoms with Gasteiger partial charge < -0.3 is 5.32 Å². The van der Waals surface area contributed by atoms with Gasteiger partial charge in [-0.15, -0.1) is 10.2 Å². The summed E-state index contributed by atoms with van der Waals surface area (Å²) in [5, 5.41) is 23.5. The van der Waals surface area contributed by atoms with E-state index < -0.39 is 14.9 Å². The Bertz CT molecular complexity index is 978. The lowest BCUT2D eigenvalue weighted by molar-refractivity contribution is -0.388. The summed E-state index contributed by atoms with van der Waals surface area (Å²) in [7, 11) is -3.72. The number of nitro groups is 1. The van der Waals surface area contributed by atoms with Gasteiger partial charge in [-0.25, -0.2) is 8.42 Å². The fourth-order valence-corrected chi connectivity index (χ4v) is 6.22. The van der Waals surface area contributed by atoms with Gasteiger partial charge in [-0.1, -0.05) is 11.3 Å². The van der Waals surface area contributed by atoms with Crippen LogP contribution in [-0.4, -0.2) is 46.5 Å². The van der Waals surface area contributed by atoms with Crippen LogP contribution in [0.1, 0.15) is 33.6 Å². The zero-order valence-corrected chi connectivity index (χ0v) is 18.2. The van der Waals surface area contributed by atoms with Crippen LogP contribution in [0.25, 0.3) is 0 Å². The van der Waals surface area contributed by atoms with Crippen molar-refractivity contribution in [2.24, 2.45) is 0 Å². The van der Waals surface area contributed by atoms with Crippen molar-refractivity contribution in [1.82, 2.24) is 14.5 Å². The topological polar surface area (TPSA) is 118 Å². The number of hydrogen-bond acceptors (Lipinski definition) is 9. The van der Waals surface area contributed by atoms with Gasteiger partial charge in [0.15, 0.2) is 4.34 Å². The summed E-state index contributed by atoms with van der Waals surface area (Å²) in [6, 6.07) is 4.01. The first-order chi connectivity index (χ1) is 13.1. The minimum Gasteiger partial charge on any atom is -0.355 e. The highest BCUT2D eigenvalue weighted by atomic mass is 32.2. The quantitative estimate of drug-likeness (QED) is 0.531. The molecule has 0 unspecified atom stereocenters. The Kier molecular flexibility index (Phi) is 5.94. The van der Waals surface area contributed by atoms with Crippen LogP contribution in [0.15, 0.2) is 32.3 Å². The van der Waals surface area contributed by atoms with Crippen LogP contribution in [0.4, 0.5) is 10.8 Å². The molecule has 3 rings (SSSR count). The van der Waals surface area contributed by atoms with E-state index in [1.165, 1.54) is 27.8 Å². The van der Waals surface area contributed by atoms with Gasteiger partial charge in [0, 0.05) is 24.7 Å². The number of rotatable bonds is 6. The molecule has 1 aromatic heterocycles. The molecule has 0 amide bonds. The number of anilines is 1. The molecule has 152 valence electrons. The molecule has 1 N–H and O–H groups in total. The zero-order chi connectivity index (χ0) is 20.5. The number of benzene rings is 1. The van der Waals surface area contributed by atoms with Crippen LogP contribution in [0.2, 0.25) is 0 Å². The van der Waals surface area contributed by atoms with E-state index in [-0.39, 0.29) is 16.1 Å². The first-order valence-electron chi connectivity index (χ1n) is 8.64. The third kappa shape index (κ3) is 4.80. The predicted octanol–water partition coefficient (Wildman–Crippen LogP) is 3.59. The lowest BCUT2D eigenvalue weighted by Gasteiger charge is -2.18. The molecule has 0 bridgehead atoms. The molecule has 0 aliphatic carbocycles. The van der Waals surface area contributed by atoms with E-state index in [1.807, 2.05) is 20.8 Å². The van der Waals surface area contributed by atoms with Crippen molar-refractivity contribution in [2.45, 2.75) is 53.3 Å². The van der Waals surface area contributed by atoms with Crippen molar-refractivity contribution in [2.75, 3.05) is 18.4 Å². The van der Waals surface area contributed by atoms with Gasteiger partial charge in [-0.2, -0.15) is 4.31 Å². The Balaban J connectivity index is 1.87. The van der Waals surface area contributed by atoms with Crippen molar-refractivity contribution in [1.29, 1.82) is 0 Å². The van der Waals surface area contributed by atoms with Crippen molar-refractivity contribution in [3.63, 3.8) is 0 Å². The maximum Gasteiger partial charge on any atom is 0.284 e. The molecule has 0 spiro atoms. The molecule has 12 heteroatoms. The van der Waals surface area contributed by atoms with Gasteiger partial charge in [-0.3, -0.25) is 10.1 Å². The molecule has 2 heterocycles. The van der Waals surface area contributed by atoms with Gasteiger partial charge in [-0.05, 0) is 57.5 Å². The molecule has 1 fully saturated rings. The maximum atomic E-state index is 12.7. The highest BCUT2D eigenvalue weighted by Gasteiger charge is 2.30. The van der Waals surface area contributed by atoms with Crippen molar-refractivity contribution < 1.29 is 13.3 Å². The summed E-state index contributed by atoms with van der Waals surface area (Å²) in [6.45, 7) is 6.87. The van der Waals surface area contributed by atoms with Crippen LogP contribution < -0.4 is 5.32 Å². The van der Waals surface area contributed by atoms with Crippen LogP contribution in [0.3, 0.4) is 0 Å². The van der Waals surface area contributed by atoms with Crippen LogP contribution in [0, 0.1) is 10.1 Å². The standard InChI is InChI=1S/C16H21N5O4S3/c1-16(2,3)17-14-18-19-15(27-14)26-13-7-6-11(10-12(13)21(22)23)28(24,25)20-8-4-5-9-20/h6-7,10H,4-5,8-9H2,1-3H3,(H,17,18). The molecule has 0 radical (unpaired) electrons. The van der Waals surface area contributed by atoms with E-state index in [0.717, 1.165) is 30.7 Å². The average Bonchev–Trinajstić information content (AvgIpc) is 3.25. The summed E-state index contributed by atoms with van der Waals surface area (Å²) < 4.78 is 27.3. The predicted molar refractivity (Wildman–Crippen MR) is 108 cm³/mol. The Hall–Kier alpha value is -1.76. The fraction of sp³-hybridized carbons (Fsp3) is 0.500. The molecule has 28 heavy (non-hydrogen) atoms. The third-order valence-corrected chi connectivity index (χ3v) is 7.76. The SMILES string of the molecule is CC(C)(C)Nc1nnc(Sc2ccc(S(=O)(=O)N3CCCC3)cc2[N+](=O)[O-])s1. The molecule has 1 aliphatic heterocycles. The molecule has 1 saturated heterocycles. The maximum absolute atomic E-state index is 12.7. The largest absolute Gasteiger partial charge is 0.355 e. The first kappa shape index (κ1) is 21.0. The van der Waals surface area contributed by atoms with Gasteiger partial charge >= 0.3 is 0 Å². The van der Waals surface area contributed by atoms with Crippen molar-refractivity contribution in [3.8, 4) is 0 Å². The molecule has 1 aliphatic rings. The monoisotopic (exact) mass is 443 g/mol. The lowest BCUT2D eigenvalue weighted by atomic mass is 10.1. The van der Waals surface area contributed by atoms with Crippen LogP contribution in [-0.2, 0) is 10.0 Å². The Morgan fingerprint density at radius 1 is 1.25 bits per heavy atom. The first-order valence-corrected chi connectivity index (χ1v) is 11.7. The van der Waals surface area contributed by atoms with Gasteiger partial charge in [0.2, 0.25) is 15.2 Å². The van der Waals surface area contributed by atoms with E-state index in [0.29, 0.717) is 27.5 Å². The second-order valence-corrected chi connectivity index (χ2v) is 11.6. The van der Waals surface area contributed by atoms with E-state index in [1.54, 1.807) is 0 Å². The average molecular weight is 444 g/mol. The molecule has 9 nitrogen and oxygen atoms in total. The molecule has 2 aromatic rings. The number of nitrogens with one attached hydrogen (secondary N) is 1. The Labute approximate surface area is 171 Å². The number of nitro benzene ring substituents is 1. The normalized spacial score (nSPS) is 15.7. The highest BCUT2D eigenvalue weighted by Crippen LogP contribution is 2.39. The number of aromatic nitrogens is 2. The number of sulfonamides is 1. The number of hydrogen-bond donors (Lipinski definition) is 1. The summed E-state index contributed by atoms with van der Waals surface area (Å²) >= 11 is 2.38. The summed E-state index contributed by atoms with van der Waals surface area (Å²) in [6.07, 6.45) is 1.61. The van der Waals surface area contributed by atoms with E-state index in [9.17, 15) is 18.5 Å². The molecular formula is C16H21N5O4S3. The van der Waals surface area contributed by atoms with E-state index in [4.69, 9.17) is 0 Å². The van der Waals surface area contributed by atoms with E-state index >= 15 is 0 Å². The third-order valence-electron chi connectivity index (χ3n) is 3.92. The second-order valence-electron chi connectivity index (χ2n) is 7.35. The van der Waals surface area contributed by atoms with Crippen molar-refractivity contribution >= 4 is 43.9 Å². The molecular weight excluding hydrogens is 422 g/mol. The van der Waals surface area contributed by atoms with Crippen LogP contribution >= 0.6 is 23.1 Å². The van der Waals surface area contributed by atoms with Crippen molar-refractivity contribution in [3.05, 3.63) is 28.3 Å². The second kappa shape index (κ2) is 7.93. The smallest absolute Gasteiger partial charge is 0.284 e. The molecule has 0 saturated carbocycles. The van der Waals surface area contributed by atoms with Gasteiger partial charge in [0.1, 0.15) is 0 Å². The van der Waals surface area contributed by atoms with Gasteiger partial charge in [0.05, 0.1) is 14.7 Å². The van der Waals surface area contributed by atoms with Gasteiger partial charge in [0.25, 0.3) is 5.69 Å². The lowest BCUT2D eigenvalue weighted by Crippen LogP contribution is -2.27. The summed E-state index contributed by atoms with van der Waals surface area (Å²) in [4.78, 5) is 11.2. The van der Waals surface area contributed by atoms with Crippen LogP contribution in [0.5, 0.6) is 0 Å². The minimum atomic E-state index is -3.72. The summed E-state index contributed by atoms with van der Waals surface area (Å²) in [5.74, 6) is 0. The summed E-state index contributed by atoms with van der Waals surface area (Å²) in [5.41, 5.74) is -0.440. The number of nitrogens with zero attached hydrogens (tertiary/aromatic N) is 4. The Morgan fingerprint density at radius 2 is 1.93 bits per heavy atom. The molecule has 0 atom stereocenters. The fourth-order valence-electron chi connectivity index (χ4n) is 2.68. The Morgan fingerprint density at radius 3 is 2.54 bits per heavy atom. The molecule has 1 aromatic carbocycles. The van der Waals surface area contributed by atoms with E-state index in [2.05, 4.69) is 15.5 Å².